The summed E-state index contributed by atoms with van der Waals surface area (Å²) in [6.07, 6.45) is 16.7. The zero-order valence-corrected chi connectivity index (χ0v) is 19.4. The summed E-state index contributed by atoms with van der Waals surface area (Å²) in [7, 11) is 0. The highest BCUT2D eigenvalue weighted by molar-refractivity contribution is 5.42. The van der Waals surface area contributed by atoms with Crippen molar-refractivity contribution in [3.8, 4) is 0 Å². The van der Waals surface area contributed by atoms with E-state index in [2.05, 4.69) is 59.1 Å². The second-order valence-electron chi connectivity index (χ2n) is 9.18. The van der Waals surface area contributed by atoms with Gasteiger partial charge in [-0.25, -0.2) is 4.98 Å². The van der Waals surface area contributed by atoms with Crippen LogP contribution >= 0.6 is 0 Å². The van der Waals surface area contributed by atoms with Crippen molar-refractivity contribution in [1.29, 1.82) is 0 Å². The van der Waals surface area contributed by atoms with Crippen LogP contribution in [0, 0.1) is 0 Å². The maximum atomic E-state index is 4.81. The highest BCUT2D eigenvalue weighted by Gasteiger charge is 2.23. The Balaban J connectivity index is 1.48. The third-order valence-electron chi connectivity index (χ3n) is 6.33. The topological polar surface area (TPSA) is 44.3 Å². The molecule has 0 bridgehead atoms. The van der Waals surface area contributed by atoms with Crippen LogP contribution in [-0.2, 0) is 0 Å². The highest BCUT2D eigenvalue weighted by atomic mass is 15.2. The first-order chi connectivity index (χ1) is 14.6. The molecule has 1 aromatic rings. The average molecular weight is 412 g/mol. The summed E-state index contributed by atoms with van der Waals surface area (Å²) in [6.45, 7) is 12.0. The molecule has 0 radical (unpaired) electrons. The molecule has 0 saturated carbocycles. The molecule has 2 aliphatic heterocycles. The smallest absolute Gasteiger partial charge is 0.224 e. The largest absolute Gasteiger partial charge is 0.356 e. The first-order valence-electron chi connectivity index (χ1n) is 12.0. The average Bonchev–Trinajstić information content (AvgIpc) is 3.00. The summed E-state index contributed by atoms with van der Waals surface area (Å²) >= 11 is 0. The molecular formula is C25H41N5. The summed E-state index contributed by atoms with van der Waals surface area (Å²) < 4.78 is 0. The summed E-state index contributed by atoms with van der Waals surface area (Å²) in [6, 6.07) is 2.62. The van der Waals surface area contributed by atoms with Gasteiger partial charge in [0.2, 0.25) is 5.95 Å². The third kappa shape index (κ3) is 7.42. The predicted molar refractivity (Wildman–Crippen MR) is 128 cm³/mol. The van der Waals surface area contributed by atoms with Crippen molar-refractivity contribution < 1.29 is 0 Å². The standard InChI is InChI=1S/C25H41N5/c1-21(2)10-8-11-22(3)14-19-29-18-9-12-23(29)20-27-25-26-15-13-24(28-25)30-16-6-4-5-7-17-30/h10,13-15,23H,4-9,11-12,16-20H2,1-3H3,(H,26,27,28). The van der Waals surface area contributed by atoms with E-state index >= 15 is 0 Å². The van der Waals surface area contributed by atoms with Crippen LogP contribution in [0.2, 0.25) is 0 Å². The molecule has 0 amide bonds. The lowest BCUT2D eigenvalue weighted by Crippen LogP contribution is -2.35. The van der Waals surface area contributed by atoms with E-state index in [1.54, 1.807) is 0 Å². The van der Waals surface area contributed by atoms with E-state index in [0.717, 1.165) is 44.4 Å². The minimum Gasteiger partial charge on any atom is -0.356 e. The van der Waals surface area contributed by atoms with Crippen LogP contribution < -0.4 is 10.2 Å². The number of anilines is 2. The van der Waals surface area contributed by atoms with Crippen LogP contribution in [0.25, 0.3) is 0 Å². The van der Waals surface area contributed by atoms with E-state index in [1.807, 2.05) is 6.20 Å². The molecule has 30 heavy (non-hydrogen) atoms. The summed E-state index contributed by atoms with van der Waals surface area (Å²) in [5.41, 5.74) is 2.91. The number of aromatic nitrogens is 2. The first kappa shape index (κ1) is 22.8. The van der Waals surface area contributed by atoms with Gasteiger partial charge in [0.05, 0.1) is 0 Å². The van der Waals surface area contributed by atoms with E-state index in [1.165, 1.54) is 62.6 Å². The van der Waals surface area contributed by atoms with E-state index in [0.29, 0.717) is 6.04 Å². The van der Waals surface area contributed by atoms with Crippen molar-refractivity contribution in [3.05, 3.63) is 35.6 Å². The molecule has 2 fully saturated rings. The number of nitrogens with zero attached hydrogens (tertiary/aromatic N) is 4. The van der Waals surface area contributed by atoms with E-state index in [-0.39, 0.29) is 0 Å². The minimum atomic E-state index is 0.567. The van der Waals surface area contributed by atoms with Gasteiger partial charge >= 0.3 is 0 Å². The SMILES string of the molecule is CC(C)=CCCC(C)=CCN1CCCC1CNc1nccc(N2CCCCCC2)n1. The Bertz CT molecular complexity index is 699. The monoisotopic (exact) mass is 411 g/mol. The number of nitrogens with one attached hydrogen (secondary N) is 1. The fourth-order valence-corrected chi connectivity index (χ4v) is 4.45. The molecule has 2 saturated heterocycles. The maximum Gasteiger partial charge on any atom is 0.224 e. The molecule has 166 valence electrons. The van der Waals surface area contributed by atoms with Crippen molar-refractivity contribution in [2.45, 2.75) is 78.2 Å². The minimum absolute atomic E-state index is 0.567. The van der Waals surface area contributed by atoms with E-state index in [4.69, 9.17) is 4.98 Å². The Morgan fingerprint density at radius 3 is 2.63 bits per heavy atom. The molecule has 0 spiro atoms. The van der Waals surface area contributed by atoms with E-state index in [9.17, 15) is 0 Å². The van der Waals surface area contributed by atoms with Gasteiger partial charge in [0, 0.05) is 38.4 Å². The van der Waals surface area contributed by atoms with Gasteiger partial charge in [-0.3, -0.25) is 4.90 Å². The maximum absolute atomic E-state index is 4.81. The fraction of sp³-hybridized carbons (Fsp3) is 0.680. The van der Waals surface area contributed by atoms with Gasteiger partial charge in [-0.15, -0.1) is 0 Å². The second kappa shape index (κ2) is 12.1. The number of hydrogen-bond acceptors (Lipinski definition) is 5. The Kier molecular flexibility index (Phi) is 9.19. The quantitative estimate of drug-likeness (QED) is 0.549. The van der Waals surface area contributed by atoms with Crippen molar-refractivity contribution in [1.82, 2.24) is 14.9 Å². The fourth-order valence-electron chi connectivity index (χ4n) is 4.45. The lowest BCUT2D eigenvalue weighted by Gasteiger charge is -2.24. The van der Waals surface area contributed by atoms with Crippen molar-refractivity contribution in [3.63, 3.8) is 0 Å². The van der Waals surface area contributed by atoms with Crippen LogP contribution in [-0.4, -0.2) is 53.6 Å². The molecule has 1 aromatic heterocycles. The van der Waals surface area contributed by atoms with Crippen LogP contribution in [0.4, 0.5) is 11.8 Å². The Morgan fingerprint density at radius 2 is 1.87 bits per heavy atom. The number of allylic oxidation sites excluding steroid dienone is 3. The Labute approximate surface area is 183 Å². The molecule has 0 aliphatic carbocycles. The van der Waals surface area contributed by atoms with E-state index < -0.39 is 0 Å². The van der Waals surface area contributed by atoms with Gasteiger partial charge in [-0.05, 0) is 71.9 Å². The third-order valence-corrected chi connectivity index (χ3v) is 6.33. The van der Waals surface area contributed by atoms with Crippen LogP contribution in [0.5, 0.6) is 0 Å². The Hall–Kier alpha value is -1.88. The lowest BCUT2D eigenvalue weighted by molar-refractivity contribution is 0.290. The summed E-state index contributed by atoms with van der Waals surface area (Å²) in [4.78, 5) is 14.3. The molecule has 2 aliphatic rings. The highest BCUT2D eigenvalue weighted by Crippen LogP contribution is 2.20. The number of rotatable bonds is 9. The predicted octanol–water partition coefficient (Wildman–Crippen LogP) is 5.43. The van der Waals surface area contributed by atoms with Crippen LogP contribution in [0.15, 0.2) is 35.6 Å². The van der Waals surface area contributed by atoms with Gasteiger partial charge in [-0.1, -0.05) is 36.1 Å². The molecule has 5 heteroatoms. The van der Waals surface area contributed by atoms with Crippen molar-refractivity contribution in [2.24, 2.45) is 0 Å². The van der Waals surface area contributed by atoms with Gasteiger partial charge in [-0.2, -0.15) is 4.98 Å². The molecule has 1 unspecified atom stereocenters. The normalized spacial score (nSPS) is 20.8. The number of likely N-dealkylation sites (tertiary alicyclic amines) is 1. The lowest BCUT2D eigenvalue weighted by atomic mass is 10.1. The van der Waals surface area contributed by atoms with Crippen molar-refractivity contribution in [2.75, 3.05) is 42.9 Å². The summed E-state index contributed by atoms with van der Waals surface area (Å²) in [5.74, 6) is 1.85. The molecule has 0 aromatic carbocycles. The summed E-state index contributed by atoms with van der Waals surface area (Å²) in [5, 5.41) is 3.53. The van der Waals surface area contributed by atoms with Gasteiger partial charge < -0.3 is 10.2 Å². The van der Waals surface area contributed by atoms with Crippen molar-refractivity contribution >= 4 is 11.8 Å². The number of hydrogen-bond donors (Lipinski definition) is 1. The zero-order chi connectivity index (χ0) is 21.2. The van der Waals surface area contributed by atoms with Gasteiger partial charge in [0.15, 0.2) is 0 Å². The molecule has 1 N–H and O–H groups in total. The second-order valence-corrected chi connectivity index (χ2v) is 9.18. The zero-order valence-electron chi connectivity index (χ0n) is 19.4. The van der Waals surface area contributed by atoms with Crippen LogP contribution in [0.3, 0.4) is 0 Å². The molecule has 1 atom stereocenters. The molecule has 3 rings (SSSR count). The molecule has 5 nitrogen and oxygen atoms in total. The first-order valence-corrected chi connectivity index (χ1v) is 12.0. The Morgan fingerprint density at radius 1 is 1.07 bits per heavy atom. The molecule has 3 heterocycles. The van der Waals surface area contributed by atoms with Crippen LogP contribution in [0.1, 0.15) is 72.1 Å². The van der Waals surface area contributed by atoms with Gasteiger partial charge in [0.25, 0.3) is 0 Å². The van der Waals surface area contributed by atoms with Gasteiger partial charge in [0.1, 0.15) is 5.82 Å². The molecular weight excluding hydrogens is 370 g/mol.